The van der Waals surface area contributed by atoms with Crippen LogP contribution in [0.3, 0.4) is 0 Å². The van der Waals surface area contributed by atoms with E-state index < -0.39 is 6.00 Å². The minimum Gasteiger partial charge on any atom is -0.126 e. The molecular weight excluding hydrogens is 291 g/mol. The van der Waals surface area contributed by atoms with Gasteiger partial charge < -0.3 is 0 Å². The number of halogens is 3. The Morgan fingerprint density at radius 3 is 1.47 bits per heavy atom. The van der Waals surface area contributed by atoms with Gasteiger partial charge in [0.2, 0.25) is 0 Å². The molecule has 2 unspecified atom stereocenters. The summed E-state index contributed by atoms with van der Waals surface area (Å²) in [6.07, 6.45) is 4.97. The fourth-order valence-corrected chi connectivity index (χ4v) is 8.33. The van der Waals surface area contributed by atoms with E-state index in [4.69, 9.17) is 33.2 Å². The molecule has 0 amide bonds. The molecule has 1 rings (SSSR count). The van der Waals surface area contributed by atoms with E-state index in [1.165, 1.54) is 25.7 Å². The lowest BCUT2D eigenvalue weighted by Crippen LogP contribution is -2.29. The molecule has 0 bridgehead atoms. The predicted octanol–water partition coefficient (Wildman–Crippen LogP) is 6.13. The fourth-order valence-electron chi connectivity index (χ4n) is 3.45. The van der Waals surface area contributed by atoms with E-state index in [0.29, 0.717) is 29.2 Å². The second kappa shape index (κ2) is 6.50. The maximum absolute atomic E-state index is 6.37. The van der Waals surface area contributed by atoms with Gasteiger partial charge in [0.05, 0.1) is 0 Å². The van der Waals surface area contributed by atoms with E-state index in [2.05, 4.69) is 27.7 Å². The zero-order valence-electron chi connectivity index (χ0n) is 11.3. The molecule has 1 fully saturated rings. The molecule has 0 aromatic rings. The summed E-state index contributed by atoms with van der Waals surface area (Å²) in [6, 6.07) is -2.57. The standard InChI is InChI=1S/C13H25Cl3Si/c1-9(2)7-11-5-6-12(8-10(3)4)13(11)17(14,15)16/h9-13H,5-8H2,1-4H3. The van der Waals surface area contributed by atoms with Crippen molar-refractivity contribution in [2.45, 2.75) is 58.9 Å². The van der Waals surface area contributed by atoms with E-state index in [1.807, 2.05) is 0 Å². The Morgan fingerprint density at radius 2 is 1.24 bits per heavy atom. The predicted molar refractivity (Wildman–Crippen MR) is 82.2 cm³/mol. The molecule has 0 spiro atoms. The molecule has 4 heteroatoms. The third-order valence-corrected chi connectivity index (χ3v) is 7.82. The summed E-state index contributed by atoms with van der Waals surface area (Å²) < 4.78 is 0. The fraction of sp³-hybridized carbons (Fsp3) is 1.00. The molecule has 0 saturated heterocycles. The average molecular weight is 316 g/mol. The zero-order chi connectivity index (χ0) is 13.2. The minimum absolute atomic E-state index is 0.386. The molecule has 1 aliphatic carbocycles. The van der Waals surface area contributed by atoms with Gasteiger partial charge in [-0.05, 0) is 36.5 Å². The van der Waals surface area contributed by atoms with Crippen molar-refractivity contribution >= 4 is 39.2 Å². The van der Waals surface area contributed by atoms with E-state index >= 15 is 0 Å². The van der Waals surface area contributed by atoms with Crippen molar-refractivity contribution in [1.29, 1.82) is 0 Å². The lowest BCUT2D eigenvalue weighted by molar-refractivity contribution is 0.370. The Labute approximate surface area is 122 Å². The van der Waals surface area contributed by atoms with Crippen molar-refractivity contribution in [3.8, 4) is 0 Å². The highest BCUT2D eigenvalue weighted by molar-refractivity contribution is 7.65. The van der Waals surface area contributed by atoms with Crippen molar-refractivity contribution in [1.82, 2.24) is 0 Å². The summed E-state index contributed by atoms with van der Waals surface area (Å²) in [5, 5.41) is 0. The monoisotopic (exact) mass is 314 g/mol. The largest absolute Gasteiger partial charge is 0.344 e. The highest BCUT2D eigenvalue weighted by atomic mass is 35.8. The van der Waals surface area contributed by atoms with Gasteiger partial charge in [-0.3, -0.25) is 0 Å². The first-order valence-electron chi connectivity index (χ1n) is 6.78. The molecule has 0 N–H and O–H groups in total. The van der Waals surface area contributed by atoms with Crippen LogP contribution in [-0.2, 0) is 0 Å². The Kier molecular flexibility index (Phi) is 6.17. The van der Waals surface area contributed by atoms with Crippen LogP contribution in [0.4, 0.5) is 0 Å². The molecule has 0 aromatic heterocycles. The first kappa shape index (κ1) is 16.1. The second-order valence-corrected chi connectivity index (χ2v) is 15.3. The summed E-state index contributed by atoms with van der Waals surface area (Å²) >= 11 is 19.1. The number of rotatable bonds is 5. The number of hydrogen-bond donors (Lipinski definition) is 0. The van der Waals surface area contributed by atoms with Crippen molar-refractivity contribution in [3.05, 3.63) is 0 Å². The Morgan fingerprint density at radius 1 is 0.882 bits per heavy atom. The molecule has 0 aliphatic heterocycles. The van der Waals surface area contributed by atoms with E-state index in [1.54, 1.807) is 0 Å². The van der Waals surface area contributed by atoms with Gasteiger partial charge in [0.25, 0.3) is 0 Å². The summed E-state index contributed by atoms with van der Waals surface area (Å²) in [4.78, 5) is 0. The van der Waals surface area contributed by atoms with Crippen LogP contribution in [0.15, 0.2) is 0 Å². The molecule has 0 radical (unpaired) electrons. The van der Waals surface area contributed by atoms with Gasteiger partial charge in [-0.25, -0.2) is 0 Å². The van der Waals surface area contributed by atoms with Gasteiger partial charge in [0.1, 0.15) is 0 Å². The molecular formula is C13H25Cl3Si. The molecule has 0 aromatic carbocycles. The first-order valence-corrected chi connectivity index (χ1v) is 11.9. The van der Waals surface area contributed by atoms with Gasteiger partial charge in [-0.1, -0.05) is 40.5 Å². The van der Waals surface area contributed by atoms with Crippen molar-refractivity contribution in [2.75, 3.05) is 0 Å². The lowest BCUT2D eigenvalue weighted by atomic mass is 9.91. The van der Waals surface area contributed by atoms with Crippen LogP contribution in [0.1, 0.15) is 53.4 Å². The van der Waals surface area contributed by atoms with E-state index in [-0.39, 0.29) is 0 Å². The molecule has 0 nitrogen and oxygen atoms in total. The van der Waals surface area contributed by atoms with Crippen molar-refractivity contribution in [2.24, 2.45) is 23.7 Å². The van der Waals surface area contributed by atoms with Crippen LogP contribution in [0, 0.1) is 23.7 Å². The Hall–Kier alpha value is 1.09. The van der Waals surface area contributed by atoms with Gasteiger partial charge >= 0.3 is 6.00 Å². The molecule has 1 saturated carbocycles. The van der Waals surface area contributed by atoms with Crippen LogP contribution >= 0.6 is 33.2 Å². The zero-order valence-corrected chi connectivity index (χ0v) is 14.6. The summed E-state index contributed by atoms with van der Waals surface area (Å²) in [5.74, 6) is 2.72. The third kappa shape index (κ3) is 4.93. The van der Waals surface area contributed by atoms with Crippen LogP contribution in [0.2, 0.25) is 5.54 Å². The minimum atomic E-state index is -2.57. The first-order chi connectivity index (χ1) is 7.71. The topological polar surface area (TPSA) is 0 Å². The van der Waals surface area contributed by atoms with Crippen LogP contribution < -0.4 is 0 Å². The van der Waals surface area contributed by atoms with Crippen LogP contribution in [0.5, 0.6) is 0 Å². The highest BCUT2D eigenvalue weighted by Gasteiger charge is 2.49. The summed E-state index contributed by atoms with van der Waals surface area (Å²) in [7, 11) is 0. The molecule has 1 aliphatic rings. The maximum atomic E-state index is 6.37. The van der Waals surface area contributed by atoms with Crippen LogP contribution in [0.25, 0.3) is 0 Å². The highest BCUT2D eigenvalue weighted by Crippen LogP contribution is 2.55. The van der Waals surface area contributed by atoms with Crippen molar-refractivity contribution < 1.29 is 0 Å². The average Bonchev–Trinajstić information content (AvgIpc) is 2.44. The van der Waals surface area contributed by atoms with Gasteiger partial charge in [-0.2, -0.15) is 0 Å². The normalized spacial score (nSPS) is 30.5. The molecule has 2 atom stereocenters. The Bertz CT molecular complexity index is 217. The summed E-state index contributed by atoms with van der Waals surface area (Å²) in [5.41, 5.74) is 0.386. The lowest BCUT2D eigenvalue weighted by Gasteiger charge is -2.31. The quantitative estimate of drug-likeness (QED) is 0.423. The van der Waals surface area contributed by atoms with Gasteiger partial charge in [0.15, 0.2) is 0 Å². The smallest absolute Gasteiger partial charge is 0.126 e. The summed E-state index contributed by atoms with van der Waals surface area (Å²) in [6.45, 7) is 9.08. The van der Waals surface area contributed by atoms with E-state index in [9.17, 15) is 0 Å². The van der Waals surface area contributed by atoms with Crippen LogP contribution in [-0.4, -0.2) is 6.00 Å². The second-order valence-electron chi connectivity index (χ2n) is 6.42. The molecule has 17 heavy (non-hydrogen) atoms. The van der Waals surface area contributed by atoms with Gasteiger partial charge in [0, 0.05) is 5.54 Å². The van der Waals surface area contributed by atoms with Gasteiger partial charge in [-0.15, -0.1) is 33.2 Å². The third-order valence-electron chi connectivity index (χ3n) is 3.85. The van der Waals surface area contributed by atoms with E-state index in [0.717, 1.165) is 0 Å². The number of hydrogen-bond acceptors (Lipinski definition) is 0. The SMILES string of the molecule is CC(C)CC1CCC(CC(C)C)C1[Si](Cl)(Cl)Cl. The Balaban J connectivity index is 2.75. The molecule has 0 heterocycles. The molecule has 102 valence electrons. The maximum Gasteiger partial charge on any atom is 0.344 e. The van der Waals surface area contributed by atoms with Crippen molar-refractivity contribution in [3.63, 3.8) is 0 Å².